The lowest BCUT2D eigenvalue weighted by Crippen LogP contribution is -2.55. The van der Waals surface area contributed by atoms with Gasteiger partial charge in [0.15, 0.2) is 0 Å². The van der Waals surface area contributed by atoms with Gasteiger partial charge in [0.2, 0.25) is 11.8 Å². The van der Waals surface area contributed by atoms with E-state index >= 15 is 0 Å². The number of halogens is 4. The van der Waals surface area contributed by atoms with Gasteiger partial charge in [-0.05, 0) is 38.0 Å². The molecule has 0 radical (unpaired) electrons. The number of hydrogen-bond acceptors (Lipinski definition) is 4. The van der Waals surface area contributed by atoms with Crippen LogP contribution in [0.5, 0.6) is 0 Å². The first-order valence-electron chi connectivity index (χ1n) is 9.57. The average Bonchev–Trinajstić information content (AvgIpc) is 3.46. The summed E-state index contributed by atoms with van der Waals surface area (Å²) < 4.78 is 38.8. The third-order valence-corrected chi connectivity index (χ3v) is 5.51. The van der Waals surface area contributed by atoms with Crippen LogP contribution in [0.15, 0.2) is 18.2 Å². The molecule has 2 N–H and O–H groups in total. The van der Waals surface area contributed by atoms with Crippen molar-refractivity contribution in [2.45, 2.75) is 38.0 Å². The third kappa shape index (κ3) is 6.07. The SMILES string of the molecule is C[C@@H](C(=O)NC1CC1)N1CCN(CC(=O)Nc2ccc(Cl)c(C(F)(F)F)c2)CC1. The van der Waals surface area contributed by atoms with Crippen LogP contribution in [0.2, 0.25) is 5.02 Å². The van der Waals surface area contributed by atoms with Crippen LogP contribution in [0.4, 0.5) is 18.9 Å². The van der Waals surface area contributed by atoms with Gasteiger partial charge in [-0.1, -0.05) is 11.6 Å². The lowest BCUT2D eigenvalue weighted by molar-refractivity contribution is -0.137. The molecule has 10 heteroatoms. The standard InChI is InChI=1S/C19H24ClF3N4O2/c1-12(18(29)25-13-2-3-13)27-8-6-26(7-9-27)11-17(28)24-14-4-5-16(20)15(10-14)19(21,22)23/h4-5,10,12-13H,2-3,6-9,11H2,1H3,(H,24,28)(H,25,29)/t12-/m0/s1. The number of anilines is 1. The summed E-state index contributed by atoms with van der Waals surface area (Å²) in [5.74, 6) is -0.365. The molecule has 29 heavy (non-hydrogen) atoms. The van der Waals surface area contributed by atoms with E-state index in [0.717, 1.165) is 25.0 Å². The lowest BCUT2D eigenvalue weighted by Gasteiger charge is -2.37. The molecule has 1 saturated heterocycles. The molecule has 1 aliphatic carbocycles. The highest BCUT2D eigenvalue weighted by Gasteiger charge is 2.34. The Hall–Kier alpha value is -1.84. The van der Waals surface area contributed by atoms with Crippen molar-refractivity contribution in [1.82, 2.24) is 15.1 Å². The molecule has 3 rings (SSSR count). The Kier molecular flexibility index (Phi) is 6.70. The molecule has 2 fully saturated rings. The molecule has 2 amide bonds. The Morgan fingerprint density at radius 2 is 1.86 bits per heavy atom. The maximum atomic E-state index is 12.9. The Morgan fingerprint density at radius 1 is 1.21 bits per heavy atom. The zero-order valence-electron chi connectivity index (χ0n) is 16.1. The minimum Gasteiger partial charge on any atom is -0.352 e. The van der Waals surface area contributed by atoms with Crippen LogP contribution in [0.1, 0.15) is 25.3 Å². The number of carbonyl (C=O) groups is 2. The quantitative estimate of drug-likeness (QED) is 0.725. The van der Waals surface area contributed by atoms with Gasteiger partial charge in [-0.3, -0.25) is 19.4 Å². The van der Waals surface area contributed by atoms with Crippen LogP contribution in [-0.2, 0) is 15.8 Å². The predicted molar refractivity (Wildman–Crippen MR) is 104 cm³/mol. The molecule has 0 spiro atoms. The molecule has 1 aromatic carbocycles. The van der Waals surface area contributed by atoms with Crippen molar-refractivity contribution in [3.8, 4) is 0 Å². The fraction of sp³-hybridized carbons (Fsp3) is 0.579. The first-order chi connectivity index (χ1) is 13.6. The number of nitrogens with one attached hydrogen (secondary N) is 2. The number of hydrogen-bond donors (Lipinski definition) is 2. The summed E-state index contributed by atoms with van der Waals surface area (Å²) in [6, 6.07) is 3.39. The molecule has 1 heterocycles. The zero-order valence-corrected chi connectivity index (χ0v) is 16.8. The molecule has 0 unspecified atom stereocenters. The summed E-state index contributed by atoms with van der Waals surface area (Å²) >= 11 is 5.59. The van der Waals surface area contributed by atoms with Crippen LogP contribution in [0.3, 0.4) is 0 Å². The molecule has 1 atom stereocenters. The molecule has 6 nitrogen and oxygen atoms in total. The molecule has 1 saturated carbocycles. The lowest BCUT2D eigenvalue weighted by atomic mass is 10.2. The minimum atomic E-state index is -4.59. The second-order valence-electron chi connectivity index (χ2n) is 7.51. The van der Waals surface area contributed by atoms with Gasteiger partial charge in [0.25, 0.3) is 0 Å². The van der Waals surface area contributed by atoms with Crippen molar-refractivity contribution in [3.05, 3.63) is 28.8 Å². The molecule has 1 aromatic rings. The van der Waals surface area contributed by atoms with E-state index in [2.05, 4.69) is 15.5 Å². The average molecular weight is 433 g/mol. The van der Waals surface area contributed by atoms with Crippen LogP contribution in [0.25, 0.3) is 0 Å². The smallest absolute Gasteiger partial charge is 0.352 e. The predicted octanol–water partition coefficient (Wildman–Crippen LogP) is 2.58. The van der Waals surface area contributed by atoms with E-state index in [1.807, 2.05) is 11.8 Å². The van der Waals surface area contributed by atoms with E-state index < -0.39 is 22.7 Å². The summed E-state index contributed by atoms with van der Waals surface area (Å²) in [6.45, 7) is 4.43. The first kappa shape index (κ1) is 21.9. The highest BCUT2D eigenvalue weighted by Crippen LogP contribution is 2.36. The number of carbonyl (C=O) groups excluding carboxylic acids is 2. The van der Waals surface area contributed by atoms with Gasteiger partial charge >= 0.3 is 6.18 Å². The number of nitrogens with zero attached hydrogens (tertiary/aromatic N) is 2. The van der Waals surface area contributed by atoms with E-state index in [0.29, 0.717) is 32.2 Å². The van der Waals surface area contributed by atoms with Gasteiger partial charge in [0.1, 0.15) is 0 Å². The maximum absolute atomic E-state index is 12.9. The number of amides is 2. The first-order valence-corrected chi connectivity index (χ1v) is 9.94. The van der Waals surface area contributed by atoms with E-state index in [4.69, 9.17) is 11.6 Å². The Bertz CT molecular complexity index is 762. The second kappa shape index (κ2) is 8.89. The van der Waals surface area contributed by atoms with Crippen LogP contribution in [0, 0.1) is 0 Å². The fourth-order valence-corrected chi connectivity index (χ4v) is 3.47. The molecule has 2 aliphatic rings. The normalized spacial score (nSPS) is 19.6. The van der Waals surface area contributed by atoms with Crippen molar-refractivity contribution in [3.63, 3.8) is 0 Å². The topological polar surface area (TPSA) is 64.7 Å². The number of rotatable bonds is 6. The summed E-state index contributed by atoms with van der Waals surface area (Å²) in [4.78, 5) is 28.4. The Labute approximate surface area is 172 Å². The molecular weight excluding hydrogens is 409 g/mol. The summed E-state index contributed by atoms with van der Waals surface area (Å²) in [6.07, 6.45) is -2.50. The van der Waals surface area contributed by atoms with Crippen LogP contribution < -0.4 is 10.6 Å². The van der Waals surface area contributed by atoms with Gasteiger partial charge in [0.05, 0.1) is 23.2 Å². The molecule has 160 valence electrons. The molecular formula is C19H24ClF3N4O2. The highest BCUT2D eigenvalue weighted by molar-refractivity contribution is 6.31. The third-order valence-electron chi connectivity index (χ3n) is 5.18. The molecule has 1 aliphatic heterocycles. The van der Waals surface area contributed by atoms with Crippen molar-refractivity contribution >= 4 is 29.1 Å². The van der Waals surface area contributed by atoms with E-state index in [1.165, 1.54) is 6.07 Å². The van der Waals surface area contributed by atoms with Gasteiger partial charge in [0, 0.05) is 37.9 Å². The summed E-state index contributed by atoms with van der Waals surface area (Å²) in [5.41, 5.74) is -0.931. The van der Waals surface area contributed by atoms with Crippen LogP contribution >= 0.6 is 11.6 Å². The number of piperazine rings is 1. The van der Waals surface area contributed by atoms with Gasteiger partial charge < -0.3 is 10.6 Å². The maximum Gasteiger partial charge on any atom is 0.417 e. The van der Waals surface area contributed by atoms with Crippen molar-refractivity contribution in [1.29, 1.82) is 0 Å². The fourth-order valence-electron chi connectivity index (χ4n) is 3.25. The van der Waals surface area contributed by atoms with Crippen molar-refractivity contribution in [2.75, 3.05) is 38.0 Å². The Morgan fingerprint density at radius 3 is 2.45 bits per heavy atom. The number of benzene rings is 1. The Balaban J connectivity index is 1.47. The highest BCUT2D eigenvalue weighted by atomic mass is 35.5. The van der Waals surface area contributed by atoms with E-state index in [9.17, 15) is 22.8 Å². The van der Waals surface area contributed by atoms with Crippen molar-refractivity contribution in [2.24, 2.45) is 0 Å². The zero-order chi connectivity index (χ0) is 21.2. The minimum absolute atomic E-state index is 0.0295. The second-order valence-corrected chi connectivity index (χ2v) is 7.92. The van der Waals surface area contributed by atoms with Gasteiger partial charge in [-0.25, -0.2) is 0 Å². The molecule has 0 bridgehead atoms. The van der Waals surface area contributed by atoms with Gasteiger partial charge in [-0.2, -0.15) is 13.2 Å². The largest absolute Gasteiger partial charge is 0.417 e. The number of alkyl halides is 3. The van der Waals surface area contributed by atoms with Gasteiger partial charge in [-0.15, -0.1) is 0 Å². The van der Waals surface area contributed by atoms with Crippen molar-refractivity contribution < 1.29 is 22.8 Å². The summed E-state index contributed by atoms with van der Waals surface area (Å²) in [5, 5.41) is 5.07. The van der Waals surface area contributed by atoms with E-state index in [-0.39, 0.29) is 24.2 Å². The molecule has 0 aromatic heterocycles. The van der Waals surface area contributed by atoms with E-state index in [1.54, 1.807) is 0 Å². The monoisotopic (exact) mass is 432 g/mol. The van der Waals surface area contributed by atoms with Crippen LogP contribution in [-0.4, -0.2) is 66.4 Å². The summed E-state index contributed by atoms with van der Waals surface area (Å²) in [7, 11) is 0.